The standard InChI is InChI=1S/C11H11ClN2S/c1-8-7-15-11(14-8)6-13-10-5-3-2-4-9(10)12/h2-5,7,13H,6H2,1H3. The van der Waals surface area contributed by atoms with Gasteiger partial charge in [-0.3, -0.25) is 0 Å². The Morgan fingerprint density at radius 3 is 2.87 bits per heavy atom. The molecule has 0 spiro atoms. The molecule has 0 radical (unpaired) electrons. The molecule has 0 aliphatic heterocycles. The van der Waals surface area contributed by atoms with Crippen molar-refractivity contribution in [2.45, 2.75) is 13.5 Å². The first-order valence-corrected chi connectivity index (χ1v) is 5.91. The smallest absolute Gasteiger partial charge is 0.112 e. The highest BCUT2D eigenvalue weighted by atomic mass is 35.5. The molecule has 0 unspecified atom stereocenters. The fraction of sp³-hybridized carbons (Fsp3) is 0.182. The van der Waals surface area contributed by atoms with Crippen molar-refractivity contribution in [3.8, 4) is 0 Å². The molecule has 1 N–H and O–H groups in total. The highest BCUT2D eigenvalue weighted by Crippen LogP contribution is 2.21. The van der Waals surface area contributed by atoms with E-state index in [1.807, 2.05) is 36.6 Å². The maximum absolute atomic E-state index is 6.02. The Kier molecular flexibility index (Phi) is 3.23. The van der Waals surface area contributed by atoms with Crippen LogP contribution < -0.4 is 5.32 Å². The summed E-state index contributed by atoms with van der Waals surface area (Å²) in [5, 5.41) is 7.12. The van der Waals surface area contributed by atoms with Gasteiger partial charge in [-0.1, -0.05) is 23.7 Å². The van der Waals surface area contributed by atoms with Crippen LogP contribution in [0.1, 0.15) is 10.7 Å². The minimum absolute atomic E-state index is 0.724. The number of nitrogens with one attached hydrogen (secondary N) is 1. The Bertz CT molecular complexity index is 453. The topological polar surface area (TPSA) is 24.9 Å². The molecule has 0 atom stereocenters. The molecule has 2 aromatic rings. The second-order valence-electron chi connectivity index (χ2n) is 3.22. The fourth-order valence-electron chi connectivity index (χ4n) is 1.26. The molecule has 1 aromatic carbocycles. The van der Waals surface area contributed by atoms with Gasteiger partial charge in [-0.25, -0.2) is 4.98 Å². The number of hydrogen-bond donors (Lipinski definition) is 1. The summed E-state index contributed by atoms with van der Waals surface area (Å²) in [5.41, 5.74) is 2.02. The summed E-state index contributed by atoms with van der Waals surface area (Å²) in [4.78, 5) is 4.37. The average molecular weight is 239 g/mol. The van der Waals surface area contributed by atoms with Crippen LogP contribution in [-0.2, 0) is 6.54 Å². The number of halogens is 1. The normalized spacial score (nSPS) is 10.3. The maximum atomic E-state index is 6.02. The van der Waals surface area contributed by atoms with Crippen molar-refractivity contribution in [2.75, 3.05) is 5.32 Å². The predicted molar refractivity (Wildman–Crippen MR) is 65.6 cm³/mol. The van der Waals surface area contributed by atoms with Gasteiger partial charge < -0.3 is 5.32 Å². The summed E-state index contributed by atoms with van der Waals surface area (Å²) in [6, 6.07) is 7.71. The molecule has 0 saturated carbocycles. The highest BCUT2D eigenvalue weighted by Gasteiger charge is 2.00. The van der Waals surface area contributed by atoms with Gasteiger partial charge in [0.2, 0.25) is 0 Å². The van der Waals surface area contributed by atoms with E-state index in [-0.39, 0.29) is 0 Å². The summed E-state index contributed by atoms with van der Waals surface area (Å²) in [5.74, 6) is 0. The van der Waals surface area contributed by atoms with Gasteiger partial charge >= 0.3 is 0 Å². The Labute approximate surface area is 97.9 Å². The molecule has 4 heteroatoms. The van der Waals surface area contributed by atoms with E-state index in [0.29, 0.717) is 0 Å². The van der Waals surface area contributed by atoms with Crippen LogP contribution in [0.2, 0.25) is 5.02 Å². The number of rotatable bonds is 3. The lowest BCUT2D eigenvalue weighted by Gasteiger charge is -2.05. The number of anilines is 1. The zero-order valence-corrected chi connectivity index (χ0v) is 9.90. The largest absolute Gasteiger partial charge is 0.377 e. The molecule has 0 aliphatic rings. The molecule has 0 bridgehead atoms. The SMILES string of the molecule is Cc1csc(CNc2ccccc2Cl)n1. The van der Waals surface area contributed by atoms with Gasteiger partial charge in [-0.15, -0.1) is 11.3 Å². The van der Waals surface area contributed by atoms with Crippen molar-refractivity contribution in [1.29, 1.82) is 0 Å². The summed E-state index contributed by atoms with van der Waals surface area (Å²) < 4.78 is 0. The molecule has 0 amide bonds. The molecule has 2 nitrogen and oxygen atoms in total. The first-order valence-electron chi connectivity index (χ1n) is 4.65. The van der Waals surface area contributed by atoms with Crippen molar-refractivity contribution in [3.05, 3.63) is 45.4 Å². The molecule has 78 valence electrons. The summed E-state index contributed by atoms with van der Waals surface area (Å²) >= 11 is 7.67. The zero-order chi connectivity index (χ0) is 10.7. The quantitative estimate of drug-likeness (QED) is 0.882. The van der Waals surface area contributed by atoms with Gasteiger partial charge in [0.25, 0.3) is 0 Å². The first kappa shape index (κ1) is 10.5. The lowest BCUT2D eigenvalue weighted by atomic mass is 10.3. The maximum Gasteiger partial charge on any atom is 0.112 e. The predicted octanol–water partition coefficient (Wildman–Crippen LogP) is 3.72. The van der Waals surface area contributed by atoms with Gasteiger partial charge in [0.15, 0.2) is 0 Å². The van der Waals surface area contributed by atoms with Crippen LogP contribution in [-0.4, -0.2) is 4.98 Å². The third-order valence-corrected chi connectivity index (χ3v) is 3.27. The van der Waals surface area contributed by atoms with Crippen molar-refractivity contribution >= 4 is 28.6 Å². The molecule has 0 aliphatic carbocycles. The van der Waals surface area contributed by atoms with Gasteiger partial charge in [-0.05, 0) is 19.1 Å². The van der Waals surface area contributed by atoms with Gasteiger partial charge in [0, 0.05) is 11.1 Å². The first-order chi connectivity index (χ1) is 7.25. The third-order valence-electron chi connectivity index (χ3n) is 1.97. The minimum Gasteiger partial charge on any atom is -0.377 e. The van der Waals surface area contributed by atoms with Gasteiger partial charge in [-0.2, -0.15) is 0 Å². The number of hydrogen-bond acceptors (Lipinski definition) is 3. The number of nitrogens with zero attached hydrogens (tertiary/aromatic N) is 1. The van der Waals surface area contributed by atoms with Crippen molar-refractivity contribution in [2.24, 2.45) is 0 Å². The molecule has 0 fully saturated rings. The number of benzene rings is 1. The van der Waals surface area contributed by atoms with Crippen LogP contribution in [0, 0.1) is 6.92 Å². The van der Waals surface area contributed by atoms with E-state index in [4.69, 9.17) is 11.6 Å². The van der Waals surface area contributed by atoms with E-state index >= 15 is 0 Å². The summed E-state index contributed by atoms with van der Waals surface area (Å²) in [6.07, 6.45) is 0. The molecular formula is C11H11ClN2S. The summed E-state index contributed by atoms with van der Waals surface area (Å²) in [7, 11) is 0. The van der Waals surface area contributed by atoms with E-state index in [1.54, 1.807) is 11.3 Å². The second kappa shape index (κ2) is 4.64. The van der Waals surface area contributed by atoms with Crippen LogP contribution in [0.3, 0.4) is 0 Å². The lowest BCUT2D eigenvalue weighted by Crippen LogP contribution is -1.99. The van der Waals surface area contributed by atoms with Crippen LogP contribution in [0.25, 0.3) is 0 Å². The van der Waals surface area contributed by atoms with Crippen LogP contribution in [0.5, 0.6) is 0 Å². The van der Waals surface area contributed by atoms with Crippen molar-refractivity contribution < 1.29 is 0 Å². The average Bonchev–Trinajstić information content (AvgIpc) is 2.63. The monoisotopic (exact) mass is 238 g/mol. The van der Waals surface area contributed by atoms with E-state index < -0.39 is 0 Å². The van der Waals surface area contributed by atoms with Crippen LogP contribution >= 0.6 is 22.9 Å². The number of para-hydroxylation sites is 1. The Morgan fingerprint density at radius 1 is 1.40 bits per heavy atom. The van der Waals surface area contributed by atoms with Crippen molar-refractivity contribution in [1.82, 2.24) is 4.98 Å². The molecule has 1 heterocycles. The lowest BCUT2D eigenvalue weighted by molar-refractivity contribution is 1.08. The molecular weight excluding hydrogens is 228 g/mol. The van der Waals surface area contributed by atoms with E-state index in [2.05, 4.69) is 10.3 Å². The second-order valence-corrected chi connectivity index (χ2v) is 4.57. The molecule has 2 rings (SSSR count). The van der Waals surface area contributed by atoms with E-state index in [9.17, 15) is 0 Å². The molecule has 15 heavy (non-hydrogen) atoms. The Morgan fingerprint density at radius 2 is 2.20 bits per heavy atom. The number of aromatic nitrogens is 1. The van der Waals surface area contributed by atoms with Crippen LogP contribution in [0.4, 0.5) is 5.69 Å². The van der Waals surface area contributed by atoms with E-state index in [1.165, 1.54) is 0 Å². The van der Waals surface area contributed by atoms with E-state index in [0.717, 1.165) is 28.0 Å². The Hall–Kier alpha value is -1.06. The Balaban J connectivity index is 2.02. The van der Waals surface area contributed by atoms with Crippen molar-refractivity contribution in [3.63, 3.8) is 0 Å². The van der Waals surface area contributed by atoms with Gasteiger partial charge in [0.05, 0.1) is 17.3 Å². The fourth-order valence-corrected chi connectivity index (χ4v) is 2.17. The summed E-state index contributed by atoms with van der Waals surface area (Å²) in [6.45, 7) is 2.72. The molecule has 0 saturated heterocycles. The number of thiazole rings is 1. The minimum atomic E-state index is 0.724. The number of aryl methyl sites for hydroxylation is 1. The third kappa shape index (κ3) is 2.70. The van der Waals surface area contributed by atoms with Gasteiger partial charge in [0.1, 0.15) is 5.01 Å². The zero-order valence-electron chi connectivity index (χ0n) is 8.33. The molecule has 1 aromatic heterocycles. The highest BCUT2D eigenvalue weighted by molar-refractivity contribution is 7.09. The van der Waals surface area contributed by atoms with Crippen LogP contribution in [0.15, 0.2) is 29.6 Å².